The van der Waals surface area contributed by atoms with Gasteiger partial charge in [-0.1, -0.05) is 0 Å². The zero-order chi connectivity index (χ0) is 12.4. The fraction of sp³-hybridized carbons (Fsp3) is 0.333. The van der Waals surface area contributed by atoms with Gasteiger partial charge >= 0.3 is 0 Å². The number of likely N-dealkylation sites (N-methyl/N-ethyl adjacent to an activating group) is 1. The molecule has 2 rings (SSSR count). The Morgan fingerprint density at radius 2 is 2.29 bits per heavy atom. The van der Waals surface area contributed by atoms with Crippen LogP contribution in [0.4, 0.5) is 11.4 Å². The Balaban J connectivity index is 2.25. The lowest BCUT2D eigenvalue weighted by Crippen LogP contribution is -2.25. The van der Waals surface area contributed by atoms with Crippen molar-refractivity contribution in [1.82, 2.24) is 0 Å². The maximum atomic E-state index is 11.7. The van der Waals surface area contributed by atoms with E-state index in [4.69, 9.17) is 11.6 Å². The van der Waals surface area contributed by atoms with Gasteiger partial charge in [0.1, 0.15) is 5.88 Å². The molecule has 17 heavy (non-hydrogen) atoms. The zero-order valence-electron chi connectivity index (χ0n) is 9.50. The van der Waals surface area contributed by atoms with Gasteiger partial charge in [-0.2, -0.15) is 0 Å². The fourth-order valence-corrected chi connectivity index (χ4v) is 2.07. The number of rotatable bonds is 3. The van der Waals surface area contributed by atoms with Crippen LogP contribution in [-0.4, -0.2) is 24.2 Å². The Morgan fingerprint density at radius 1 is 1.53 bits per heavy atom. The number of alkyl halides is 1. The highest BCUT2D eigenvalue weighted by atomic mass is 35.5. The van der Waals surface area contributed by atoms with Gasteiger partial charge in [0.25, 0.3) is 0 Å². The lowest BCUT2D eigenvalue weighted by atomic mass is 10.1. The summed E-state index contributed by atoms with van der Waals surface area (Å²) in [5.74, 6) is -0.219. The molecule has 0 radical (unpaired) electrons. The molecule has 1 aromatic rings. The van der Waals surface area contributed by atoms with Gasteiger partial charge in [0.05, 0.1) is 6.42 Å². The van der Waals surface area contributed by atoms with Crippen molar-refractivity contribution in [2.75, 3.05) is 22.6 Å². The average Bonchev–Trinajstić information content (AvgIpc) is 2.63. The molecule has 90 valence electrons. The predicted octanol–water partition coefficient (Wildman–Crippen LogP) is 1.77. The van der Waals surface area contributed by atoms with E-state index in [9.17, 15) is 9.59 Å². The summed E-state index contributed by atoms with van der Waals surface area (Å²) in [6.45, 7) is 2.61. The number of nitrogens with zero attached hydrogens (tertiary/aromatic N) is 1. The number of carbonyl (C=O) groups excluding carboxylic acids is 2. The normalized spacial score (nSPS) is 13.8. The number of amides is 2. The molecule has 1 aliphatic rings. The number of fused-ring (bicyclic) bond motifs is 1. The fourth-order valence-electron chi connectivity index (χ4n) is 2.00. The molecule has 1 aliphatic heterocycles. The van der Waals surface area contributed by atoms with Crippen LogP contribution in [0.3, 0.4) is 0 Å². The Hall–Kier alpha value is -1.55. The van der Waals surface area contributed by atoms with E-state index in [1.165, 1.54) is 0 Å². The highest BCUT2D eigenvalue weighted by Gasteiger charge is 2.25. The van der Waals surface area contributed by atoms with Gasteiger partial charge in [-0.3, -0.25) is 9.59 Å². The lowest BCUT2D eigenvalue weighted by Gasteiger charge is -2.14. The van der Waals surface area contributed by atoms with Gasteiger partial charge < -0.3 is 10.2 Å². The summed E-state index contributed by atoms with van der Waals surface area (Å²) in [6.07, 6.45) is 0.397. The van der Waals surface area contributed by atoms with Crippen molar-refractivity contribution < 1.29 is 9.59 Å². The van der Waals surface area contributed by atoms with E-state index in [0.717, 1.165) is 11.3 Å². The van der Waals surface area contributed by atoms with Crippen LogP contribution in [0.15, 0.2) is 18.2 Å². The molecular weight excluding hydrogens is 240 g/mol. The highest BCUT2D eigenvalue weighted by molar-refractivity contribution is 6.29. The molecule has 0 atom stereocenters. The first-order valence-corrected chi connectivity index (χ1v) is 5.98. The van der Waals surface area contributed by atoms with Crippen molar-refractivity contribution in [3.05, 3.63) is 23.8 Å². The lowest BCUT2D eigenvalue weighted by molar-refractivity contribution is -0.117. The molecule has 2 amide bonds. The van der Waals surface area contributed by atoms with E-state index in [1.807, 2.05) is 19.1 Å². The first-order valence-electron chi connectivity index (χ1n) is 5.44. The van der Waals surface area contributed by atoms with E-state index >= 15 is 0 Å². The maximum absolute atomic E-state index is 11.7. The number of carbonyl (C=O) groups is 2. The Labute approximate surface area is 105 Å². The monoisotopic (exact) mass is 252 g/mol. The minimum Gasteiger partial charge on any atom is -0.325 e. The third kappa shape index (κ3) is 2.26. The Kier molecular flexibility index (Phi) is 3.33. The van der Waals surface area contributed by atoms with Gasteiger partial charge in [0.15, 0.2) is 0 Å². The quantitative estimate of drug-likeness (QED) is 0.834. The van der Waals surface area contributed by atoms with E-state index in [0.29, 0.717) is 18.7 Å². The van der Waals surface area contributed by atoms with Crippen LogP contribution < -0.4 is 10.2 Å². The van der Waals surface area contributed by atoms with Crippen molar-refractivity contribution >= 4 is 34.8 Å². The largest absolute Gasteiger partial charge is 0.325 e. The van der Waals surface area contributed by atoms with Crippen LogP contribution in [0.25, 0.3) is 0 Å². The topological polar surface area (TPSA) is 49.4 Å². The number of hydrogen-bond acceptors (Lipinski definition) is 2. The van der Waals surface area contributed by atoms with Crippen LogP contribution >= 0.6 is 11.6 Å². The zero-order valence-corrected chi connectivity index (χ0v) is 10.3. The van der Waals surface area contributed by atoms with Crippen LogP contribution in [0.1, 0.15) is 12.5 Å². The van der Waals surface area contributed by atoms with Crippen molar-refractivity contribution in [2.24, 2.45) is 0 Å². The summed E-state index contributed by atoms with van der Waals surface area (Å²) < 4.78 is 0. The van der Waals surface area contributed by atoms with Crippen LogP contribution in [-0.2, 0) is 16.0 Å². The second-order valence-corrected chi connectivity index (χ2v) is 4.11. The number of nitrogens with one attached hydrogen (secondary N) is 1. The molecule has 0 unspecified atom stereocenters. The molecule has 0 spiro atoms. The SMILES string of the molecule is CCN1C(=O)Cc2cc(NC(=O)CCl)ccc21. The summed E-state index contributed by atoms with van der Waals surface area (Å²) in [7, 11) is 0. The highest BCUT2D eigenvalue weighted by Crippen LogP contribution is 2.30. The molecule has 0 fully saturated rings. The van der Waals surface area contributed by atoms with Crippen LogP contribution in [0, 0.1) is 0 Å². The maximum Gasteiger partial charge on any atom is 0.239 e. The summed E-state index contributed by atoms with van der Waals surface area (Å²) in [5, 5.41) is 2.67. The minimum atomic E-state index is -0.247. The van der Waals surface area contributed by atoms with Crippen molar-refractivity contribution in [2.45, 2.75) is 13.3 Å². The minimum absolute atomic E-state index is 0.0723. The standard InChI is InChI=1S/C12H13ClN2O2/c1-2-15-10-4-3-9(14-11(16)7-13)5-8(10)6-12(15)17/h3-5H,2,6-7H2,1H3,(H,14,16). The van der Waals surface area contributed by atoms with E-state index in [1.54, 1.807) is 11.0 Å². The van der Waals surface area contributed by atoms with E-state index in [-0.39, 0.29) is 17.7 Å². The summed E-state index contributed by atoms with van der Waals surface area (Å²) in [4.78, 5) is 24.6. The summed E-state index contributed by atoms with van der Waals surface area (Å²) >= 11 is 5.41. The summed E-state index contributed by atoms with van der Waals surface area (Å²) in [6, 6.07) is 5.46. The molecule has 5 heteroatoms. The number of anilines is 2. The number of hydrogen-bond donors (Lipinski definition) is 1. The average molecular weight is 253 g/mol. The van der Waals surface area contributed by atoms with E-state index in [2.05, 4.69) is 5.32 Å². The predicted molar refractivity (Wildman–Crippen MR) is 67.5 cm³/mol. The van der Waals surface area contributed by atoms with Gasteiger partial charge in [-0.05, 0) is 30.7 Å². The van der Waals surface area contributed by atoms with Gasteiger partial charge in [0.2, 0.25) is 11.8 Å². The Morgan fingerprint density at radius 3 is 2.94 bits per heavy atom. The first kappa shape index (κ1) is 11.9. The second kappa shape index (κ2) is 4.75. The third-order valence-electron chi connectivity index (χ3n) is 2.73. The molecule has 0 saturated heterocycles. The van der Waals surface area contributed by atoms with Crippen molar-refractivity contribution in [3.63, 3.8) is 0 Å². The molecule has 0 bridgehead atoms. The molecular formula is C12H13ClN2O2. The number of halogens is 1. The first-order chi connectivity index (χ1) is 8.15. The van der Waals surface area contributed by atoms with Crippen LogP contribution in [0.5, 0.6) is 0 Å². The molecule has 0 aliphatic carbocycles. The number of benzene rings is 1. The molecule has 0 saturated carbocycles. The smallest absolute Gasteiger partial charge is 0.239 e. The van der Waals surface area contributed by atoms with Gasteiger partial charge in [0, 0.05) is 17.9 Å². The van der Waals surface area contributed by atoms with Crippen LogP contribution in [0.2, 0.25) is 0 Å². The Bertz CT molecular complexity index is 474. The van der Waals surface area contributed by atoms with Gasteiger partial charge in [-0.25, -0.2) is 0 Å². The second-order valence-electron chi connectivity index (χ2n) is 3.84. The third-order valence-corrected chi connectivity index (χ3v) is 2.98. The molecule has 1 N–H and O–H groups in total. The van der Waals surface area contributed by atoms with Gasteiger partial charge in [-0.15, -0.1) is 11.6 Å². The van der Waals surface area contributed by atoms with Crippen molar-refractivity contribution in [1.29, 1.82) is 0 Å². The molecule has 1 aromatic carbocycles. The molecule has 0 aromatic heterocycles. The van der Waals surface area contributed by atoms with Crippen molar-refractivity contribution in [3.8, 4) is 0 Å². The summed E-state index contributed by atoms with van der Waals surface area (Å²) in [5.41, 5.74) is 2.56. The molecule has 1 heterocycles. The van der Waals surface area contributed by atoms with E-state index < -0.39 is 0 Å². The molecule has 4 nitrogen and oxygen atoms in total.